The molecule has 0 radical (unpaired) electrons. The molecule has 0 saturated heterocycles. The average molecular weight is 319 g/mol. The van der Waals surface area contributed by atoms with Crippen LogP contribution < -0.4 is 9.47 Å². The zero-order valence-corrected chi connectivity index (χ0v) is 13.7. The van der Waals surface area contributed by atoms with Gasteiger partial charge in [-0.15, -0.1) is 4.98 Å². The molecule has 23 heavy (non-hydrogen) atoms. The molecule has 0 bridgehead atoms. The Morgan fingerprint density at radius 2 is 1.61 bits per heavy atom. The fraction of sp³-hybridized carbons (Fsp3) is 0.438. The summed E-state index contributed by atoms with van der Waals surface area (Å²) in [5, 5.41) is 8.91. The van der Waals surface area contributed by atoms with Crippen LogP contribution in [0.15, 0.2) is 24.3 Å². The van der Waals surface area contributed by atoms with E-state index in [1.165, 1.54) is 14.2 Å². The van der Waals surface area contributed by atoms with Crippen LogP contribution in [-0.2, 0) is 10.2 Å². The second-order valence-electron chi connectivity index (χ2n) is 5.54. The lowest BCUT2D eigenvalue weighted by Crippen LogP contribution is -2.25. The van der Waals surface area contributed by atoms with Crippen molar-refractivity contribution in [3.63, 3.8) is 0 Å². The van der Waals surface area contributed by atoms with Crippen LogP contribution in [0.25, 0.3) is 11.4 Å². The molecular formula is C16H21N3O4. The molecule has 0 aliphatic carbocycles. The highest BCUT2D eigenvalue weighted by atomic mass is 16.6. The van der Waals surface area contributed by atoms with Crippen LogP contribution in [-0.4, -0.2) is 47.7 Å². The van der Waals surface area contributed by atoms with Crippen molar-refractivity contribution >= 4 is 0 Å². The van der Waals surface area contributed by atoms with Gasteiger partial charge in [0.25, 0.3) is 0 Å². The largest absolute Gasteiger partial charge is 0.467 e. The van der Waals surface area contributed by atoms with Crippen LogP contribution >= 0.6 is 0 Å². The molecule has 2 rings (SSSR count). The average Bonchev–Trinajstić information content (AvgIpc) is 2.59. The summed E-state index contributed by atoms with van der Waals surface area (Å²) in [4.78, 5) is 12.6. The monoisotopic (exact) mass is 319 g/mol. The minimum Gasteiger partial charge on any atom is -0.467 e. The molecule has 0 unspecified atom stereocenters. The third kappa shape index (κ3) is 3.94. The van der Waals surface area contributed by atoms with Crippen molar-refractivity contribution < 1.29 is 19.3 Å². The Labute approximate surface area is 135 Å². The van der Waals surface area contributed by atoms with Crippen molar-refractivity contribution in [1.29, 1.82) is 0 Å². The van der Waals surface area contributed by atoms with E-state index in [1.807, 2.05) is 38.1 Å². The molecule has 1 aromatic heterocycles. The van der Waals surface area contributed by atoms with Crippen LogP contribution in [0, 0.1) is 0 Å². The molecule has 0 spiro atoms. The molecule has 2 aromatic rings. The van der Waals surface area contributed by atoms with Crippen LogP contribution in [0.1, 0.15) is 19.4 Å². The molecule has 0 atom stereocenters. The van der Waals surface area contributed by atoms with E-state index >= 15 is 0 Å². The van der Waals surface area contributed by atoms with Crippen molar-refractivity contribution in [3.05, 3.63) is 29.8 Å². The van der Waals surface area contributed by atoms with Crippen LogP contribution in [0.5, 0.6) is 12.0 Å². The normalized spacial score (nSPS) is 11.3. The highest BCUT2D eigenvalue weighted by molar-refractivity contribution is 5.62. The lowest BCUT2D eigenvalue weighted by Gasteiger charge is -2.26. The number of hydrogen-bond donors (Lipinski definition) is 1. The summed E-state index contributed by atoms with van der Waals surface area (Å²) in [5.74, 6) is 0.460. The van der Waals surface area contributed by atoms with Crippen molar-refractivity contribution in [1.82, 2.24) is 15.0 Å². The Morgan fingerprint density at radius 1 is 1.00 bits per heavy atom. The first-order valence-electron chi connectivity index (χ1n) is 7.14. The lowest BCUT2D eigenvalue weighted by atomic mass is 9.82. The van der Waals surface area contributed by atoms with Crippen LogP contribution in [0.3, 0.4) is 0 Å². The topological polar surface area (TPSA) is 86.6 Å². The number of nitrogens with zero attached hydrogens (tertiary/aromatic N) is 3. The highest BCUT2D eigenvalue weighted by Gasteiger charge is 2.26. The van der Waals surface area contributed by atoms with Gasteiger partial charge in [-0.2, -0.15) is 9.97 Å². The second kappa shape index (κ2) is 7.34. The van der Waals surface area contributed by atoms with E-state index in [9.17, 15) is 0 Å². The maximum Gasteiger partial charge on any atom is 0.322 e. The molecule has 0 amide bonds. The zero-order chi connectivity index (χ0) is 16.9. The fourth-order valence-electron chi connectivity index (χ4n) is 2.29. The van der Waals surface area contributed by atoms with Gasteiger partial charge in [0.1, 0.15) is 6.79 Å². The van der Waals surface area contributed by atoms with Gasteiger partial charge >= 0.3 is 12.0 Å². The summed E-state index contributed by atoms with van der Waals surface area (Å²) in [6, 6.07) is 8.13. The third-order valence-corrected chi connectivity index (χ3v) is 3.41. The minimum atomic E-state index is -0.341. The SMILES string of the molecule is COc1nc(OC)nc(-c2ccccc2C(C)(C)COCO)n1. The first kappa shape index (κ1) is 17.1. The first-order valence-corrected chi connectivity index (χ1v) is 7.14. The van der Waals surface area contributed by atoms with Crippen molar-refractivity contribution in [2.45, 2.75) is 19.3 Å². The predicted molar refractivity (Wildman–Crippen MR) is 84.4 cm³/mol. The quantitative estimate of drug-likeness (QED) is 0.779. The Kier molecular flexibility index (Phi) is 5.46. The summed E-state index contributed by atoms with van der Waals surface area (Å²) >= 11 is 0. The molecule has 0 saturated carbocycles. The summed E-state index contributed by atoms with van der Waals surface area (Å²) in [7, 11) is 2.98. The van der Waals surface area contributed by atoms with Gasteiger partial charge in [-0.3, -0.25) is 0 Å². The molecule has 7 heteroatoms. The van der Waals surface area contributed by atoms with Gasteiger partial charge < -0.3 is 19.3 Å². The highest BCUT2D eigenvalue weighted by Crippen LogP contribution is 2.32. The number of hydrogen-bond acceptors (Lipinski definition) is 7. The van der Waals surface area contributed by atoms with Gasteiger partial charge in [0.15, 0.2) is 5.82 Å². The van der Waals surface area contributed by atoms with E-state index in [0.29, 0.717) is 12.4 Å². The summed E-state index contributed by atoms with van der Waals surface area (Å²) in [5.41, 5.74) is 1.48. The lowest BCUT2D eigenvalue weighted by molar-refractivity contribution is -0.0198. The molecule has 1 heterocycles. The van der Waals surface area contributed by atoms with Crippen molar-refractivity contribution in [3.8, 4) is 23.4 Å². The van der Waals surface area contributed by atoms with Gasteiger partial charge in [0.2, 0.25) is 0 Å². The molecule has 0 fully saturated rings. The van der Waals surface area contributed by atoms with E-state index < -0.39 is 0 Å². The van der Waals surface area contributed by atoms with E-state index in [-0.39, 0.29) is 24.2 Å². The minimum absolute atomic E-state index is 0.186. The summed E-state index contributed by atoms with van der Waals surface area (Å²) in [6.45, 7) is 4.09. The number of ether oxygens (including phenoxy) is 3. The second-order valence-corrected chi connectivity index (χ2v) is 5.54. The maximum atomic E-state index is 8.91. The third-order valence-electron chi connectivity index (χ3n) is 3.41. The Morgan fingerprint density at radius 3 is 2.17 bits per heavy atom. The molecule has 0 aliphatic heterocycles. The van der Waals surface area contributed by atoms with Gasteiger partial charge in [0.05, 0.1) is 20.8 Å². The smallest absolute Gasteiger partial charge is 0.322 e. The molecule has 7 nitrogen and oxygen atoms in total. The van der Waals surface area contributed by atoms with Gasteiger partial charge in [-0.05, 0) is 5.56 Å². The van der Waals surface area contributed by atoms with E-state index in [2.05, 4.69) is 15.0 Å². The summed E-state index contributed by atoms with van der Waals surface area (Å²) in [6.07, 6.45) is 0. The standard InChI is InChI=1S/C16H21N3O4/c1-16(2,9-23-10-20)12-8-6-5-7-11(12)13-17-14(21-3)19-15(18-13)22-4/h5-8,20H,9-10H2,1-4H3. The Hall–Kier alpha value is -2.25. The predicted octanol–water partition coefficient (Wildman–Crippen LogP) is 1.80. The molecule has 124 valence electrons. The molecule has 0 aliphatic rings. The van der Waals surface area contributed by atoms with Crippen LogP contribution in [0.2, 0.25) is 0 Å². The van der Waals surface area contributed by atoms with Gasteiger partial charge in [-0.25, -0.2) is 0 Å². The Balaban J connectivity index is 2.52. The number of methoxy groups -OCH3 is 2. The van der Waals surface area contributed by atoms with Crippen molar-refractivity contribution in [2.75, 3.05) is 27.6 Å². The molecular weight excluding hydrogens is 298 g/mol. The molecule has 1 N–H and O–H groups in total. The zero-order valence-electron chi connectivity index (χ0n) is 13.7. The number of aromatic nitrogens is 3. The van der Waals surface area contributed by atoms with E-state index in [0.717, 1.165) is 11.1 Å². The van der Waals surface area contributed by atoms with Crippen LogP contribution in [0.4, 0.5) is 0 Å². The first-order chi connectivity index (χ1) is 11.0. The molecule has 1 aromatic carbocycles. The summed E-state index contributed by atoms with van der Waals surface area (Å²) < 4.78 is 15.4. The van der Waals surface area contributed by atoms with Crippen molar-refractivity contribution in [2.24, 2.45) is 0 Å². The van der Waals surface area contributed by atoms with Gasteiger partial charge in [-0.1, -0.05) is 38.1 Å². The number of aliphatic hydroxyl groups is 1. The number of rotatable bonds is 7. The maximum absolute atomic E-state index is 8.91. The number of benzene rings is 1. The van der Waals surface area contributed by atoms with E-state index in [4.69, 9.17) is 19.3 Å². The van der Waals surface area contributed by atoms with Gasteiger partial charge in [0, 0.05) is 11.0 Å². The fourth-order valence-corrected chi connectivity index (χ4v) is 2.29. The Bertz CT molecular complexity index is 639. The van der Waals surface area contributed by atoms with E-state index in [1.54, 1.807) is 0 Å². The number of aliphatic hydroxyl groups excluding tert-OH is 1.